The zero-order valence-electron chi connectivity index (χ0n) is 13.4. The summed E-state index contributed by atoms with van der Waals surface area (Å²) in [5, 5.41) is 0.455. The number of piperazine rings is 1. The molecule has 2 aliphatic rings. The molecular weight excluding hydrogens is 339 g/mol. The van der Waals surface area contributed by atoms with Crippen molar-refractivity contribution in [2.45, 2.75) is 51.3 Å². The number of amides is 1. The van der Waals surface area contributed by atoms with Gasteiger partial charge in [-0.05, 0) is 45.2 Å². The van der Waals surface area contributed by atoms with Crippen LogP contribution in [0, 0.1) is 0 Å². The first kappa shape index (κ1) is 16.6. The van der Waals surface area contributed by atoms with Gasteiger partial charge in [0.05, 0.1) is 12.1 Å². The van der Waals surface area contributed by atoms with Crippen molar-refractivity contribution in [2.24, 2.45) is 0 Å². The molecule has 0 N–H and O–H groups in total. The van der Waals surface area contributed by atoms with Crippen molar-refractivity contribution in [1.29, 1.82) is 0 Å². The number of ether oxygens (including phenoxy) is 1. The van der Waals surface area contributed by atoms with Crippen molar-refractivity contribution < 1.29 is 9.53 Å². The maximum absolute atomic E-state index is 12.4. The molecule has 0 aromatic carbocycles. The second-order valence-electron chi connectivity index (χ2n) is 7.00. The lowest BCUT2D eigenvalue weighted by Crippen LogP contribution is -2.57. The maximum Gasteiger partial charge on any atom is 0.410 e. The molecule has 0 aliphatic carbocycles. The number of halogens is 2. The van der Waals surface area contributed by atoms with Crippen molar-refractivity contribution in [2.75, 3.05) is 18.0 Å². The molecule has 2 fully saturated rings. The Kier molecular flexibility index (Phi) is 4.31. The second kappa shape index (κ2) is 5.98. The summed E-state index contributed by atoms with van der Waals surface area (Å²) in [6, 6.07) is 1.95. The van der Waals surface area contributed by atoms with Gasteiger partial charge in [-0.15, -0.1) is 0 Å². The molecule has 1 aromatic heterocycles. The highest BCUT2D eigenvalue weighted by Gasteiger charge is 2.44. The van der Waals surface area contributed by atoms with E-state index < -0.39 is 5.60 Å². The Balaban J connectivity index is 1.75. The van der Waals surface area contributed by atoms with Gasteiger partial charge in [0.1, 0.15) is 16.6 Å². The number of fused-ring (bicyclic) bond motifs is 2. The van der Waals surface area contributed by atoms with E-state index in [-0.39, 0.29) is 23.5 Å². The van der Waals surface area contributed by atoms with Crippen LogP contribution in [0.4, 0.5) is 10.6 Å². The van der Waals surface area contributed by atoms with Crippen LogP contribution in [0.3, 0.4) is 0 Å². The van der Waals surface area contributed by atoms with Gasteiger partial charge in [0.25, 0.3) is 0 Å². The number of carbonyl (C=O) groups is 1. The number of nitrogens with zero attached hydrogens (tertiary/aromatic N) is 4. The highest BCUT2D eigenvalue weighted by Crippen LogP contribution is 2.34. The molecule has 1 aromatic rings. The van der Waals surface area contributed by atoms with Crippen LogP contribution in [0.5, 0.6) is 0 Å². The number of hydrogen-bond acceptors (Lipinski definition) is 5. The molecule has 6 nitrogen and oxygen atoms in total. The fraction of sp³-hybridized carbons (Fsp3) is 0.667. The molecule has 2 atom stereocenters. The third-order valence-corrected chi connectivity index (χ3v) is 4.43. The number of aromatic nitrogens is 2. The summed E-state index contributed by atoms with van der Waals surface area (Å²) in [7, 11) is 0. The predicted octanol–water partition coefficient (Wildman–Crippen LogP) is 3.37. The molecule has 0 spiro atoms. The number of carbonyl (C=O) groups excluding carboxylic acids is 1. The SMILES string of the molecule is CC(C)(C)OC(=O)N1C2CCC1CN(c1cc(Cl)nc(Cl)n1)C2. The van der Waals surface area contributed by atoms with Gasteiger partial charge in [-0.1, -0.05) is 11.6 Å². The third kappa shape index (κ3) is 3.63. The van der Waals surface area contributed by atoms with Gasteiger partial charge in [-0.3, -0.25) is 4.90 Å². The minimum absolute atomic E-state index is 0.121. The smallest absolute Gasteiger partial charge is 0.410 e. The van der Waals surface area contributed by atoms with Gasteiger partial charge in [0.2, 0.25) is 5.28 Å². The fourth-order valence-electron chi connectivity index (χ4n) is 3.24. The Morgan fingerprint density at radius 3 is 2.35 bits per heavy atom. The summed E-state index contributed by atoms with van der Waals surface area (Å²) < 4.78 is 5.54. The molecule has 0 saturated carbocycles. The summed E-state index contributed by atoms with van der Waals surface area (Å²) in [6.45, 7) is 7.04. The lowest BCUT2D eigenvalue weighted by Gasteiger charge is -2.41. The van der Waals surface area contributed by atoms with Crippen molar-refractivity contribution in [3.05, 3.63) is 16.5 Å². The van der Waals surface area contributed by atoms with E-state index in [0.29, 0.717) is 24.1 Å². The van der Waals surface area contributed by atoms with E-state index in [1.807, 2.05) is 25.7 Å². The minimum Gasteiger partial charge on any atom is -0.444 e. The molecular formula is C15H20Cl2N4O2. The Bertz CT molecular complexity index is 586. The quantitative estimate of drug-likeness (QED) is 0.568. The standard InChI is InChI=1S/C15H20Cl2N4O2/c1-15(2,3)23-14(22)21-9-4-5-10(21)8-20(7-9)12-6-11(16)18-13(17)19-12/h6,9-10H,4-5,7-8H2,1-3H3. The van der Waals surface area contributed by atoms with Crippen LogP contribution >= 0.6 is 23.2 Å². The number of anilines is 1. The molecule has 2 unspecified atom stereocenters. The monoisotopic (exact) mass is 358 g/mol. The number of hydrogen-bond donors (Lipinski definition) is 0. The first-order chi connectivity index (χ1) is 10.7. The Morgan fingerprint density at radius 1 is 1.22 bits per heavy atom. The summed E-state index contributed by atoms with van der Waals surface area (Å²) in [5.41, 5.74) is -0.485. The van der Waals surface area contributed by atoms with Gasteiger partial charge < -0.3 is 9.64 Å². The average molecular weight is 359 g/mol. The van der Waals surface area contributed by atoms with Crippen molar-refractivity contribution in [3.63, 3.8) is 0 Å². The van der Waals surface area contributed by atoms with Crippen LogP contribution in [0.1, 0.15) is 33.6 Å². The van der Waals surface area contributed by atoms with Gasteiger partial charge in [0, 0.05) is 19.2 Å². The topological polar surface area (TPSA) is 58.6 Å². The van der Waals surface area contributed by atoms with Crippen LogP contribution < -0.4 is 4.90 Å². The van der Waals surface area contributed by atoms with Crippen LogP contribution in [-0.2, 0) is 4.74 Å². The predicted molar refractivity (Wildman–Crippen MR) is 89.1 cm³/mol. The molecule has 23 heavy (non-hydrogen) atoms. The molecule has 3 heterocycles. The lowest BCUT2D eigenvalue weighted by atomic mass is 10.2. The molecule has 8 heteroatoms. The summed E-state index contributed by atoms with van der Waals surface area (Å²) in [5.74, 6) is 0.704. The van der Waals surface area contributed by atoms with E-state index in [1.54, 1.807) is 6.07 Å². The first-order valence-electron chi connectivity index (χ1n) is 7.69. The summed E-state index contributed by atoms with van der Waals surface area (Å²) in [6.07, 6.45) is 1.70. The third-order valence-electron chi connectivity index (χ3n) is 4.06. The molecule has 126 valence electrons. The highest BCUT2D eigenvalue weighted by molar-refractivity contribution is 6.32. The van der Waals surface area contributed by atoms with Crippen LogP contribution in [0.25, 0.3) is 0 Å². The van der Waals surface area contributed by atoms with Crippen molar-refractivity contribution in [3.8, 4) is 0 Å². The molecule has 2 aliphatic heterocycles. The van der Waals surface area contributed by atoms with E-state index in [1.165, 1.54) is 0 Å². The highest BCUT2D eigenvalue weighted by atomic mass is 35.5. The maximum atomic E-state index is 12.4. The first-order valence-corrected chi connectivity index (χ1v) is 8.45. The van der Waals surface area contributed by atoms with Crippen LogP contribution in [0.2, 0.25) is 10.4 Å². The minimum atomic E-state index is -0.485. The van der Waals surface area contributed by atoms with Gasteiger partial charge >= 0.3 is 6.09 Å². The second-order valence-corrected chi connectivity index (χ2v) is 7.72. The van der Waals surface area contributed by atoms with E-state index >= 15 is 0 Å². The Labute approximate surface area is 145 Å². The fourth-order valence-corrected chi connectivity index (χ4v) is 3.64. The van der Waals surface area contributed by atoms with E-state index in [4.69, 9.17) is 27.9 Å². The van der Waals surface area contributed by atoms with Gasteiger partial charge in [0.15, 0.2) is 0 Å². The van der Waals surface area contributed by atoms with E-state index in [9.17, 15) is 4.79 Å². The summed E-state index contributed by atoms with van der Waals surface area (Å²) >= 11 is 11.9. The zero-order valence-corrected chi connectivity index (χ0v) is 14.9. The zero-order chi connectivity index (χ0) is 16.8. The van der Waals surface area contributed by atoms with E-state index in [0.717, 1.165) is 12.8 Å². The van der Waals surface area contributed by atoms with E-state index in [2.05, 4.69) is 14.9 Å². The van der Waals surface area contributed by atoms with Gasteiger partial charge in [-0.2, -0.15) is 0 Å². The Morgan fingerprint density at radius 2 is 1.83 bits per heavy atom. The van der Waals surface area contributed by atoms with Gasteiger partial charge in [-0.25, -0.2) is 14.8 Å². The normalized spacial score (nSPS) is 24.0. The molecule has 1 amide bonds. The van der Waals surface area contributed by atoms with Crippen molar-refractivity contribution in [1.82, 2.24) is 14.9 Å². The average Bonchev–Trinajstić information content (AvgIpc) is 2.66. The van der Waals surface area contributed by atoms with Crippen LogP contribution in [0.15, 0.2) is 6.07 Å². The lowest BCUT2D eigenvalue weighted by molar-refractivity contribution is 0.0122. The largest absolute Gasteiger partial charge is 0.444 e. The summed E-state index contributed by atoms with van der Waals surface area (Å²) in [4.78, 5) is 24.6. The molecule has 0 radical (unpaired) electrons. The molecule has 2 bridgehead atoms. The Hall–Kier alpha value is -1.27. The molecule has 3 rings (SSSR count). The van der Waals surface area contributed by atoms with Crippen LogP contribution in [-0.4, -0.2) is 51.7 Å². The number of rotatable bonds is 1. The van der Waals surface area contributed by atoms with Crippen molar-refractivity contribution >= 4 is 35.1 Å². The molecule has 2 saturated heterocycles.